The molecule has 3 rings (SSSR count). The molecule has 8 heteroatoms. The quantitative estimate of drug-likeness (QED) is 0.348. The molecule has 2 aromatic carbocycles. The Morgan fingerprint density at radius 1 is 1.00 bits per heavy atom. The third-order valence-electron chi connectivity index (χ3n) is 4.20. The topological polar surface area (TPSA) is 73.6 Å². The predicted octanol–water partition coefficient (Wildman–Crippen LogP) is 6.28. The molecule has 0 atom stereocenters. The molecule has 30 heavy (non-hydrogen) atoms. The van der Waals surface area contributed by atoms with Gasteiger partial charge in [-0.3, -0.25) is 4.57 Å². The Kier molecular flexibility index (Phi) is 8.11. The molecule has 0 aliphatic rings. The molecule has 0 aliphatic carbocycles. The lowest BCUT2D eigenvalue weighted by Gasteiger charge is -2.17. The van der Waals surface area contributed by atoms with Crippen LogP contribution in [0, 0.1) is 0 Å². The van der Waals surface area contributed by atoms with Gasteiger partial charge in [0.2, 0.25) is 17.2 Å². The maximum Gasteiger partial charge on any atom is 0.385 e. The third-order valence-corrected chi connectivity index (χ3v) is 6.40. The molecule has 0 spiro atoms. The lowest BCUT2D eigenvalue weighted by molar-refractivity contribution is 0.213. The van der Waals surface area contributed by atoms with E-state index < -0.39 is 7.60 Å². The van der Waals surface area contributed by atoms with Gasteiger partial charge in [-0.15, -0.1) is 0 Å². The van der Waals surface area contributed by atoms with Crippen molar-refractivity contribution >= 4 is 30.5 Å². The Morgan fingerprint density at radius 3 is 2.27 bits per heavy atom. The zero-order valence-electron chi connectivity index (χ0n) is 17.1. The van der Waals surface area contributed by atoms with Gasteiger partial charge < -0.3 is 18.8 Å². The van der Waals surface area contributed by atoms with E-state index in [9.17, 15) is 4.57 Å². The molecule has 160 valence electrons. The van der Waals surface area contributed by atoms with Crippen molar-refractivity contribution in [2.75, 3.05) is 18.5 Å². The highest BCUT2D eigenvalue weighted by molar-refractivity contribution is 7.62. The number of benzene rings is 2. The molecular formula is C22H26ClN2O4P. The number of anilines is 1. The molecule has 0 saturated carbocycles. The van der Waals surface area contributed by atoms with Crippen molar-refractivity contribution in [3.63, 3.8) is 0 Å². The second-order valence-corrected chi connectivity index (χ2v) is 9.00. The number of oxazole rings is 1. The van der Waals surface area contributed by atoms with Crippen LogP contribution >= 0.6 is 19.2 Å². The highest BCUT2D eigenvalue weighted by Crippen LogP contribution is 2.49. The summed E-state index contributed by atoms with van der Waals surface area (Å²) in [7, 11) is -3.69. The number of hydrogen-bond donors (Lipinski definition) is 1. The minimum Gasteiger partial charge on any atom is -0.420 e. The molecule has 3 aromatic rings. The van der Waals surface area contributed by atoms with Crippen molar-refractivity contribution in [1.82, 2.24) is 4.98 Å². The fraction of sp³-hybridized carbons (Fsp3) is 0.318. The number of nitrogens with one attached hydrogen (secondary N) is 1. The van der Waals surface area contributed by atoms with Crippen molar-refractivity contribution in [2.45, 2.75) is 33.2 Å². The zero-order chi connectivity index (χ0) is 21.4. The highest BCUT2D eigenvalue weighted by Gasteiger charge is 2.36. The predicted molar refractivity (Wildman–Crippen MR) is 120 cm³/mol. The summed E-state index contributed by atoms with van der Waals surface area (Å²) in [5, 5.41) is 3.68. The summed E-state index contributed by atoms with van der Waals surface area (Å²) in [6.45, 7) is 4.92. The number of halogens is 1. The van der Waals surface area contributed by atoms with Crippen LogP contribution < -0.4 is 10.8 Å². The monoisotopic (exact) mass is 448 g/mol. The lowest BCUT2D eigenvalue weighted by Crippen LogP contribution is -2.17. The smallest absolute Gasteiger partial charge is 0.385 e. The van der Waals surface area contributed by atoms with Crippen LogP contribution in [0.4, 0.5) is 5.88 Å². The van der Waals surface area contributed by atoms with Gasteiger partial charge in [-0.1, -0.05) is 67.9 Å². The van der Waals surface area contributed by atoms with Crippen LogP contribution in [-0.4, -0.2) is 18.2 Å². The molecule has 1 heterocycles. The Balaban J connectivity index is 2.01. The second-order valence-electron chi connectivity index (χ2n) is 6.65. The van der Waals surface area contributed by atoms with Gasteiger partial charge in [0.25, 0.3) is 0 Å². The van der Waals surface area contributed by atoms with Crippen LogP contribution in [-0.2, 0) is 20.2 Å². The van der Waals surface area contributed by atoms with Crippen LogP contribution in [0.3, 0.4) is 0 Å². The van der Waals surface area contributed by atoms with Crippen molar-refractivity contribution in [3.8, 4) is 11.5 Å². The molecule has 0 aliphatic heterocycles. The van der Waals surface area contributed by atoms with Gasteiger partial charge in [-0.2, -0.15) is 4.98 Å². The minimum atomic E-state index is -3.69. The number of aromatic nitrogens is 1. The Hall–Kier alpha value is -2.11. The Bertz CT molecular complexity index is 982. The standard InChI is InChI=1S/C22H26ClN2O4P/c1-3-14-27-30(26,28-15-4-2)22-21(24-16-17-10-6-5-7-11-17)29-20(25-22)18-12-8-9-13-19(18)23/h5-13,24H,3-4,14-16H2,1-2H3. The van der Waals surface area contributed by atoms with Gasteiger partial charge in [0.05, 0.1) is 23.8 Å². The van der Waals surface area contributed by atoms with Crippen molar-refractivity contribution in [3.05, 3.63) is 65.2 Å². The van der Waals surface area contributed by atoms with Crippen LogP contribution in [0.2, 0.25) is 5.02 Å². The van der Waals surface area contributed by atoms with E-state index in [-0.39, 0.29) is 30.4 Å². The van der Waals surface area contributed by atoms with E-state index in [0.29, 0.717) is 30.0 Å². The van der Waals surface area contributed by atoms with Crippen molar-refractivity contribution < 1.29 is 18.0 Å². The summed E-state index contributed by atoms with van der Waals surface area (Å²) in [6, 6.07) is 17.0. The van der Waals surface area contributed by atoms with Gasteiger partial charge in [0.1, 0.15) is 0 Å². The average Bonchev–Trinajstić information content (AvgIpc) is 3.21. The first-order valence-electron chi connectivity index (χ1n) is 10.0. The average molecular weight is 449 g/mol. The summed E-state index contributed by atoms with van der Waals surface area (Å²) in [5.41, 5.74) is 1.78. The Labute approximate surface area is 182 Å². The number of rotatable bonds is 11. The molecule has 6 nitrogen and oxygen atoms in total. The summed E-state index contributed by atoms with van der Waals surface area (Å²) >= 11 is 6.32. The van der Waals surface area contributed by atoms with E-state index in [1.54, 1.807) is 12.1 Å². The third kappa shape index (κ3) is 5.52. The first kappa shape index (κ1) is 22.6. The van der Waals surface area contributed by atoms with Crippen molar-refractivity contribution in [2.24, 2.45) is 0 Å². The van der Waals surface area contributed by atoms with E-state index in [1.807, 2.05) is 56.3 Å². The minimum absolute atomic E-state index is 0.134. The summed E-state index contributed by atoms with van der Waals surface area (Å²) in [4.78, 5) is 4.50. The highest BCUT2D eigenvalue weighted by atomic mass is 35.5. The fourth-order valence-corrected chi connectivity index (χ4v) is 4.69. The maximum absolute atomic E-state index is 13.7. The fourth-order valence-electron chi connectivity index (χ4n) is 2.72. The second kappa shape index (κ2) is 10.8. The molecule has 1 N–H and O–H groups in total. The SMILES string of the molecule is CCCOP(=O)(OCCC)c1nc(-c2ccccc2Cl)oc1NCc1ccccc1. The molecule has 0 unspecified atom stereocenters. The van der Waals surface area contributed by atoms with Crippen LogP contribution in [0.5, 0.6) is 0 Å². The van der Waals surface area contributed by atoms with Gasteiger partial charge in [-0.05, 0) is 30.5 Å². The molecule has 0 amide bonds. The molecule has 1 aromatic heterocycles. The summed E-state index contributed by atoms with van der Waals surface area (Å²) in [5.74, 6) is 0.510. The van der Waals surface area contributed by atoms with Gasteiger partial charge in [0.15, 0.2) is 0 Å². The zero-order valence-corrected chi connectivity index (χ0v) is 18.8. The van der Waals surface area contributed by atoms with Gasteiger partial charge >= 0.3 is 7.60 Å². The summed E-state index contributed by atoms with van der Waals surface area (Å²) < 4.78 is 31.0. The van der Waals surface area contributed by atoms with E-state index >= 15 is 0 Å². The number of nitrogens with zero attached hydrogens (tertiary/aromatic N) is 1. The lowest BCUT2D eigenvalue weighted by atomic mass is 10.2. The first-order valence-corrected chi connectivity index (χ1v) is 11.9. The molecule has 0 fully saturated rings. The van der Waals surface area contributed by atoms with Crippen molar-refractivity contribution in [1.29, 1.82) is 0 Å². The van der Waals surface area contributed by atoms with E-state index in [0.717, 1.165) is 5.56 Å². The van der Waals surface area contributed by atoms with Gasteiger partial charge in [0, 0.05) is 6.54 Å². The summed E-state index contributed by atoms with van der Waals surface area (Å²) in [6.07, 6.45) is 1.39. The van der Waals surface area contributed by atoms with Gasteiger partial charge in [-0.25, -0.2) is 0 Å². The first-order chi connectivity index (χ1) is 14.6. The van der Waals surface area contributed by atoms with Crippen LogP contribution in [0.1, 0.15) is 32.3 Å². The molecule has 0 saturated heterocycles. The van der Waals surface area contributed by atoms with Crippen LogP contribution in [0.15, 0.2) is 59.0 Å². The van der Waals surface area contributed by atoms with Crippen LogP contribution in [0.25, 0.3) is 11.5 Å². The molecule has 0 radical (unpaired) electrons. The maximum atomic E-state index is 13.7. The van der Waals surface area contributed by atoms with E-state index in [1.165, 1.54) is 0 Å². The van der Waals surface area contributed by atoms with E-state index in [4.69, 9.17) is 25.1 Å². The molecule has 0 bridgehead atoms. The largest absolute Gasteiger partial charge is 0.420 e. The van der Waals surface area contributed by atoms with E-state index in [2.05, 4.69) is 10.3 Å². The number of hydrogen-bond acceptors (Lipinski definition) is 6. The Morgan fingerprint density at radius 2 is 1.63 bits per heavy atom. The normalized spacial score (nSPS) is 11.6. The molecular weight excluding hydrogens is 423 g/mol.